The number of nitrogens with zero attached hydrogens (tertiary/aromatic N) is 4. The Hall–Kier alpha value is -7.82. The molecular formula is C55H36N4. The molecule has 0 N–H and O–H groups in total. The Morgan fingerprint density at radius 1 is 0.288 bits per heavy atom. The number of hydrogen-bond donors (Lipinski definition) is 0. The molecule has 4 heteroatoms. The normalized spacial score (nSPS) is 11.5. The monoisotopic (exact) mass is 752 g/mol. The Bertz CT molecular complexity index is 3240. The van der Waals surface area contributed by atoms with Gasteiger partial charge in [-0.2, -0.15) is 0 Å². The molecule has 0 spiro atoms. The van der Waals surface area contributed by atoms with Gasteiger partial charge in [-0.05, 0) is 109 Å². The van der Waals surface area contributed by atoms with E-state index in [0.29, 0.717) is 17.5 Å². The Morgan fingerprint density at radius 2 is 0.746 bits per heavy atom. The van der Waals surface area contributed by atoms with E-state index in [1.807, 2.05) is 13.0 Å². The molecule has 0 amide bonds. The zero-order valence-corrected chi connectivity index (χ0v) is 32.3. The summed E-state index contributed by atoms with van der Waals surface area (Å²) >= 11 is 0. The number of rotatable bonds is 6. The number of aromatic nitrogens is 4. The van der Waals surface area contributed by atoms with Crippen molar-refractivity contribution < 1.29 is 0 Å². The van der Waals surface area contributed by atoms with Crippen LogP contribution in [0.25, 0.3) is 111 Å². The molecular weight excluding hydrogens is 717 g/mol. The van der Waals surface area contributed by atoms with Gasteiger partial charge in [0.05, 0.1) is 5.69 Å². The topological polar surface area (TPSA) is 51.6 Å². The van der Waals surface area contributed by atoms with Crippen molar-refractivity contribution in [2.45, 2.75) is 6.92 Å². The van der Waals surface area contributed by atoms with Gasteiger partial charge in [0, 0.05) is 27.9 Å². The molecule has 0 atom stereocenters. The van der Waals surface area contributed by atoms with Crippen LogP contribution in [-0.4, -0.2) is 19.9 Å². The Morgan fingerprint density at radius 3 is 1.34 bits per heavy atom. The van der Waals surface area contributed by atoms with E-state index in [-0.39, 0.29) is 0 Å². The highest BCUT2D eigenvalue weighted by atomic mass is 15.0. The Balaban J connectivity index is 1.19. The quantitative estimate of drug-likeness (QED) is 0.159. The maximum absolute atomic E-state index is 5.36. The summed E-state index contributed by atoms with van der Waals surface area (Å²) in [6.07, 6.45) is 0. The van der Waals surface area contributed by atoms with Crippen molar-refractivity contribution in [2.24, 2.45) is 0 Å². The fourth-order valence-electron chi connectivity index (χ4n) is 8.52. The third-order valence-corrected chi connectivity index (χ3v) is 11.3. The lowest BCUT2D eigenvalue weighted by atomic mass is 9.89. The predicted octanol–water partition coefficient (Wildman–Crippen LogP) is 14.2. The van der Waals surface area contributed by atoms with Crippen LogP contribution in [0, 0.1) is 6.92 Å². The molecule has 2 heterocycles. The van der Waals surface area contributed by atoms with Gasteiger partial charge in [0.15, 0.2) is 17.5 Å². The third-order valence-electron chi connectivity index (χ3n) is 11.3. The molecule has 0 aliphatic carbocycles. The van der Waals surface area contributed by atoms with Crippen molar-refractivity contribution in [3.63, 3.8) is 0 Å². The number of fused-ring (bicyclic) bond motifs is 4. The van der Waals surface area contributed by atoms with E-state index in [1.54, 1.807) is 0 Å². The first kappa shape index (κ1) is 34.4. The SMILES string of the molecule is Cc1cccc(-c2ccc(-c3cc(-c4nc(-c5cccc6ccccc56)nc(-c5cccc6ccccc56)n4)cc(-c4c5ccccc5cc5ccccc45)c3)cc2)n1. The van der Waals surface area contributed by atoms with Gasteiger partial charge in [0.1, 0.15) is 0 Å². The summed E-state index contributed by atoms with van der Waals surface area (Å²) in [5, 5.41) is 9.23. The first-order valence-corrected chi connectivity index (χ1v) is 20.0. The number of benzene rings is 9. The second-order valence-corrected chi connectivity index (χ2v) is 15.1. The molecule has 0 aliphatic heterocycles. The van der Waals surface area contributed by atoms with Crippen molar-refractivity contribution >= 4 is 43.1 Å². The van der Waals surface area contributed by atoms with E-state index in [9.17, 15) is 0 Å². The fraction of sp³-hybridized carbons (Fsp3) is 0.0182. The van der Waals surface area contributed by atoms with Crippen LogP contribution in [-0.2, 0) is 0 Å². The minimum Gasteiger partial charge on any atom is -0.253 e. The van der Waals surface area contributed by atoms with Gasteiger partial charge >= 0.3 is 0 Å². The average Bonchev–Trinajstić information content (AvgIpc) is 3.30. The van der Waals surface area contributed by atoms with E-state index >= 15 is 0 Å². The van der Waals surface area contributed by atoms with Crippen molar-refractivity contribution in [3.8, 4) is 67.7 Å². The Kier molecular flexibility index (Phi) is 8.34. The summed E-state index contributed by atoms with van der Waals surface area (Å²) in [6, 6.07) is 70.8. The van der Waals surface area contributed by atoms with Gasteiger partial charge < -0.3 is 0 Å². The van der Waals surface area contributed by atoms with E-state index < -0.39 is 0 Å². The minimum atomic E-state index is 0.610. The third kappa shape index (κ3) is 6.28. The zero-order chi connectivity index (χ0) is 39.3. The molecule has 276 valence electrons. The maximum atomic E-state index is 5.36. The molecule has 0 fully saturated rings. The summed E-state index contributed by atoms with van der Waals surface area (Å²) in [4.78, 5) is 20.8. The molecule has 0 unspecified atom stereocenters. The standard InChI is InChI=1S/C55H36N4/c1-35-13-10-26-51(56-35)39-29-27-36(28-30-39)42-32-43(52-47-22-8-4-16-40(47)31-41-17-5-9-23-48(41)52)34-44(33-42)53-57-54(49-24-11-18-37-14-2-6-20-45(37)49)59-55(58-53)50-25-12-19-38-15-3-7-21-46(38)50/h2-34H,1H3. The van der Waals surface area contributed by atoms with Crippen LogP contribution < -0.4 is 0 Å². The van der Waals surface area contributed by atoms with Gasteiger partial charge in [-0.15, -0.1) is 0 Å². The second kappa shape index (κ2) is 14.3. The molecule has 2 aromatic heterocycles. The van der Waals surface area contributed by atoms with Crippen molar-refractivity contribution in [3.05, 3.63) is 206 Å². The summed E-state index contributed by atoms with van der Waals surface area (Å²) in [5.74, 6) is 1.87. The smallest absolute Gasteiger partial charge is 0.164 e. The van der Waals surface area contributed by atoms with Crippen molar-refractivity contribution in [2.75, 3.05) is 0 Å². The van der Waals surface area contributed by atoms with Crippen LogP contribution >= 0.6 is 0 Å². The van der Waals surface area contributed by atoms with E-state index in [4.69, 9.17) is 19.9 Å². The molecule has 0 saturated carbocycles. The van der Waals surface area contributed by atoms with E-state index in [2.05, 4.69) is 194 Å². The van der Waals surface area contributed by atoms with Crippen LogP contribution in [0.1, 0.15) is 5.69 Å². The zero-order valence-electron chi connectivity index (χ0n) is 32.3. The first-order valence-electron chi connectivity index (χ1n) is 20.0. The van der Waals surface area contributed by atoms with E-state index in [1.165, 1.54) is 27.1 Å². The molecule has 11 aromatic rings. The summed E-state index contributed by atoms with van der Waals surface area (Å²) in [5.41, 5.74) is 10.3. The highest BCUT2D eigenvalue weighted by molar-refractivity contribution is 6.13. The van der Waals surface area contributed by atoms with E-state index in [0.717, 1.165) is 71.9 Å². The van der Waals surface area contributed by atoms with Gasteiger partial charge in [0.25, 0.3) is 0 Å². The fourth-order valence-corrected chi connectivity index (χ4v) is 8.52. The minimum absolute atomic E-state index is 0.610. The maximum Gasteiger partial charge on any atom is 0.164 e. The average molecular weight is 753 g/mol. The first-order chi connectivity index (χ1) is 29.1. The van der Waals surface area contributed by atoms with Crippen LogP contribution in [0.2, 0.25) is 0 Å². The number of hydrogen-bond acceptors (Lipinski definition) is 4. The van der Waals surface area contributed by atoms with Gasteiger partial charge in [-0.3, -0.25) is 4.98 Å². The molecule has 0 aliphatic rings. The van der Waals surface area contributed by atoms with Crippen LogP contribution in [0.5, 0.6) is 0 Å². The molecule has 4 nitrogen and oxygen atoms in total. The van der Waals surface area contributed by atoms with Gasteiger partial charge in [0.2, 0.25) is 0 Å². The molecule has 9 aromatic carbocycles. The lowest BCUT2D eigenvalue weighted by Gasteiger charge is -2.16. The lowest BCUT2D eigenvalue weighted by molar-refractivity contribution is 1.08. The summed E-state index contributed by atoms with van der Waals surface area (Å²) in [6.45, 7) is 2.03. The summed E-state index contributed by atoms with van der Waals surface area (Å²) in [7, 11) is 0. The number of pyridine rings is 1. The highest BCUT2D eigenvalue weighted by Crippen LogP contribution is 2.41. The second-order valence-electron chi connectivity index (χ2n) is 15.1. The number of aryl methyl sites for hydroxylation is 1. The molecule has 0 saturated heterocycles. The van der Waals surface area contributed by atoms with Crippen LogP contribution in [0.15, 0.2) is 200 Å². The summed E-state index contributed by atoms with van der Waals surface area (Å²) < 4.78 is 0. The Labute approximate surface area is 342 Å². The van der Waals surface area contributed by atoms with Crippen LogP contribution in [0.3, 0.4) is 0 Å². The lowest BCUT2D eigenvalue weighted by Crippen LogP contribution is -2.01. The molecule has 0 bridgehead atoms. The van der Waals surface area contributed by atoms with Gasteiger partial charge in [-0.1, -0.05) is 164 Å². The molecule has 11 rings (SSSR count). The highest BCUT2D eigenvalue weighted by Gasteiger charge is 2.19. The predicted molar refractivity (Wildman–Crippen MR) is 245 cm³/mol. The molecule has 59 heavy (non-hydrogen) atoms. The van der Waals surface area contributed by atoms with Crippen LogP contribution in [0.4, 0.5) is 0 Å². The largest absolute Gasteiger partial charge is 0.253 e. The van der Waals surface area contributed by atoms with Gasteiger partial charge in [-0.25, -0.2) is 15.0 Å². The van der Waals surface area contributed by atoms with Crippen molar-refractivity contribution in [1.82, 2.24) is 19.9 Å². The van der Waals surface area contributed by atoms with Crippen molar-refractivity contribution in [1.29, 1.82) is 0 Å². The molecule has 0 radical (unpaired) electrons.